The van der Waals surface area contributed by atoms with Gasteiger partial charge < -0.3 is 10.4 Å². The van der Waals surface area contributed by atoms with Crippen molar-refractivity contribution >= 4 is 21.8 Å². The number of benzene rings is 2. The second-order valence-corrected chi connectivity index (χ2v) is 5.11. The quantitative estimate of drug-likeness (QED) is 0.900. The average molecular weight is 338 g/mol. The van der Waals surface area contributed by atoms with E-state index in [9.17, 15) is 9.18 Å². The molecule has 2 N–H and O–H groups in total. The molecule has 0 heterocycles. The van der Waals surface area contributed by atoms with Crippen LogP contribution in [0.25, 0.3) is 0 Å². The van der Waals surface area contributed by atoms with E-state index >= 15 is 0 Å². The van der Waals surface area contributed by atoms with E-state index < -0.39 is 11.7 Å². The Hall–Kier alpha value is -1.72. The van der Waals surface area contributed by atoms with Crippen LogP contribution in [0.1, 0.15) is 21.5 Å². The molecule has 20 heavy (non-hydrogen) atoms. The van der Waals surface area contributed by atoms with Gasteiger partial charge in [0, 0.05) is 6.54 Å². The normalized spacial score (nSPS) is 10.3. The smallest absolute Gasteiger partial charge is 0.254 e. The third-order valence-corrected chi connectivity index (χ3v) is 3.47. The molecule has 0 aliphatic heterocycles. The van der Waals surface area contributed by atoms with Crippen LogP contribution in [0.15, 0.2) is 46.9 Å². The molecule has 5 heteroatoms. The van der Waals surface area contributed by atoms with Crippen molar-refractivity contribution in [3.8, 4) is 0 Å². The van der Waals surface area contributed by atoms with E-state index in [0.29, 0.717) is 6.54 Å². The summed E-state index contributed by atoms with van der Waals surface area (Å²) in [5.74, 6) is -1.03. The van der Waals surface area contributed by atoms with Gasteiger partial charge in [-0.1, -0.05) is 30.3 Å². The molecule has 2 rings (SSSR count). The van der Waals surface area contributed by atoms with Crippen molar-refractivity contribution in [3.05, 3.63) is 69.4 Å². The summed E-state index contributed by atoms with van der Waals surface area (Å²) in [6.07, 6.45) is 0. The SMILES string of the molecule is O=C(NCc1ccc(CO)cc1)c1cccc(Br)c1F. The molecule has 2 aromatic carbocycles. The summed E-state index contributed by atoms with van der Waals surface area (Å²) in [5, 5.41) is 11.6. The highest BCUT2D eigenvalue weighted by molar-refractivity contribution is 9.10. The number of rotatable bonds is 4. The average Bonchev–Trinajstić information content (AvgIpc) is 2.48. The lowest BCUT2D eigenvalue weighted by atomic mass is 10.1. The number of carbonyl (C=O) groups is 1. The molecule has 0 aromatic heterocycles. The van der Waals surface area contributed by atoms with E-state index in [0.717, 1.165) is 11.1 Å². The van der Waals surface area contributed by atoms with Crippen molar-refractivity contribution < 1.29 is 14.3 Å². The van der Waals surface area contributed by atoms with Gasteiger partial charge in [-0.25, -0.2) is 4.39 Å². The van der Waals surface area contributed by atoms with Crippen LogP contribution in [0, 0.1) is 5.82 Å². The van der Waals surface area contributed by atoms with Gasteiger partial charge in [0.15, 0.2) is 0 Å². The molecule has 3 nitrogen and oxygen atoms in total. The molecular weight excluding hydrogens is 325 g/mol. The number of hydrogen-bond donors (Lipinski definition) is 2. The highest BCUT2D eigenvalue weighted by atomic mass is 79.9. The zero-order valence-corrected chi connectivity index (χ0v) is 12.2. The molecule has 104 valence electrons. The lowest BCUT2D eigenvalue weighted by Crippen LogP contribution is -2.23. The maximum absolute atomic E-state index is 13.7. The Balaban J connectivity index is 2.02. The van der Waals surface area contributed by atoms with Crippen LogP contribution in [-0.4, -0.2) is 11.0 Å². The standard InChI is InChI=1S/C15H13BrFNO2/c16-13-3-1-2-12(14(13)17)15(20)18-8-10-4-6-11(9-19)7-5-10/h1-7,19H,8-9H2,(H,18,20). The summed E-state index contributed by atoms with van der Waals surface area (Å²) in [5.41, 5.74) is 1.69. The van der Waals surface area contributed by atoms with Gasteiger partial charge in [0.2, 0.25) is 0 Å². The first-order valence-corrected chi connectivity index (χ1v) is 6.82. The van der Waals surface area contributed by atoms with Crippen molar-refractivity contribution in [1.29, 1.82) is 0 Å². The van der Waals surface area contributed by atoms with Crippen molar-refractivity contribution in [3.63, 3.8) is 0 Å². The van der Waals surface area contributed by atoms with Crippen LogP contribution in [0.3, 0.4) is 0 Å². The summed E-state index contributed by atoms with van der Waals surface area (Å²) < 4.78 is 14.0. The molecule has 2 aromatic rings. The summed E-state index contributed by atoms with van der Waals surface area (Å²) in [6.45, 7) is 0.284. The van der Waals surface area contributed by atoms with E-state index in [1.165, 1.54) is 6.07 Å². The topological polar surface area (TPSA) is 49.3 Å². The van der Waals surface area contributed by atoms with E-state index in [4.69, 9.17) is 5.11 Å². The minimum absolute atomic E-state index is 0.00588. The lowest BCUT2D eigenvalue weighted by molar-refractivity contribution is 0.0946. The van der Waals surface area contributed by atoms with Crippen molar-refractivity contribution in [2.45, 2.75) is 13.2 Å². The van der Waals surface area contributed by atoms with Crippen LogP contribution in [0.4, 0.5) is 4.39 Å². The van der Waals surface area contributed by atoms with Crippen LogP contribution < -0.4 is 5.32 Å². The number of amides is 1. The summed E-state index contributed by atoms with van der Waals surface area (Å²) in [4.78, 5) is 11.9. The molecule has 0 aliphatic rings. The molecule has 1 amide bonds. The molecule has 0 fully saturated rings. The molecule has 0 saturated carbocycles. The van der Waals surface area contributed by atoms with Crippen molar-refractivity contribution in [2.75, 3.05) is 0 Å². The van der Waals surface area contributed by atoms with Crippen LogP contribution in [-0.2, 0) is 13.2 Å². The predicted octanol–water partition coefficient (Wildman–Crippen LogP) is 3.01. The van der Waals surface area contributed by atoms with Gasteiger partial charge >= 0.3 is 0 Å². The van der Waals surface area contributed by atoms with Gasteiger partial charge in [-0.2, -0.15) is 0 Å². The number of carbonyl (C=O) groups excluding carboxylic acids is 1. The van der Waals surface area contributed by atoms with Crippen molar-refractivity contribution in [2.24, 2.45) is 0 Å². The fourth-order valence-corrected chi connectivity index (χ4v) is 2.09. The lowest BCUT2D eigenvalue weighted by Gasteiger charge is -2.07. The van der Waals surface area contributed by atoms with Gasteiger partial charge in [0.05, 0.1) is 16.6 Å². The molecule has 0 spiro atoms. The summed E-state index contributed by atoms with van der Waals surface area (Å²) in [7, 11) is 0. The fraction of sp³-hybridized carbons (Fsp3) is 0.133. The van der Waals surface area contributed by atoms with E-state index in [1.54, 1.807) is 24.3 Å². The third-order valence-electron chi connectivity index (χ3n) is 2.85. The number of aliphatic hydroxyl groups is 1. The number of nitrogens with one attached hydrogen (secondary N) is 1. The Morgan fingerprint density at radius 2 is 1.80 bits per heavy atom. The monoisotopic (exact) mass is 337 g/mol. The minimum atomic E-state index is -0.569. The Morgan fingerprint density at radius 3 is 2.45 bits per heavy atom. The summed E-state index contributed by atoms with van der Waals surface area (Å²) >= 11 is 3.05. The van der Waals surface area contributed by atoms with Gasteiger partial charge in [0.1, 0.15) is 5.82 Å². The molecule has 0 unspecified atom stereocenters. The Bertz CT molecular complexity index is 614. The Kier molecular flexibility index (Phi) is 4.87. The molecule has 0 saturated heterocycles. The molecule has 0 atom stereocenters. The maximum atomic E-state index is 13.7. The zero-order valence-electron chi connectivity index (χ0n) is 10.6. The van der Waals surface area contributed by atoms with E-state index in [-0.39, 0.29) is 16.6 Å². The molecular formula is C15H13BrFNO2. The first kappa shape index (κ1) is 14.7. The van der Waals surface area contributed by atoms with Crippen LogP contribution in [0.5, 0.6) is 0 Å². The molecule has 0 aliphatic carbocycles. The fourth-order valence-electron chi connectivity index (χ4n) is 1.72. The van der Waals surface area contributed by atoms with E-state index in [1.807, 2.05) is 12.1 Å². The van der Waals surface area contributed by atoms with Crippen molar-refractivity contribution in [1.82, 2.24) is 5.32 Å². The molecule has 0 bridgehead atoms. The first-order chi connectivity index (χ1) is 9.61. The molecule has 0 radical (unpaired) electrons. The van der Waals surface area contributed by atoms with Gasteiger partial charge in [-0.05, 0) is 39.2 Å². The zero-order chi connectivity index (χ0) is 14.5. The van der Waals surface area contributed by atoms with Gasteiger partial charge in [0.25, 0.3) is 5.91 Å². The van der Waals surface area contributed by atoms with E-state index in [2.05, 4.69) is 21.2 Å². The summed E-state index contributed by atoms with van der Waals surface area (Å²) in [6, 6.07) is 11.8. The highest BCUT2D eigenvalue weighted by Crippen LogP contribution is 2.18. The predicted molar refractivity (Wildman–Crippen MR) is 77.6 cm³/mol. The minimum Gasteiger partial charge on any atom is -0.392 e. The van der Waals surface area contributed by atoms with Gasteiger partial charge in [-0.15, -0.1) is 0 Å². The van der Waals surface area contributed by atoms with Crippen LogP contribution >= 0.6 is 15.9 Å². The maximum Gasteiger partial charge on any atom is 0.254 e. The first-order valence-electron chi connectivity index (χ1n) is 6.02. The van der Waals surface area contributed by atoms with Gasteiger partial charge in [-0.3, -0.25) is 4.79 Å². The van der Waals surface area contributed by atoms with Crippen LogP contribution in [0.2, 0.25) is 0 Å². The number of halogens is 2. The number of aliphatic hydroxyl groups excluding tert-OH is 1. The Labute approximate surface area is 124 Å². The Morgan fingerprint density at radius 1 is 1.15 bits per heavy atom. The highest BCUT2D eigenvalue weighted by Gasteiger charge is 2.13. The second-order valence-electron chi connectivity index (χ2n) is 4.26. The second kappa shape index (κ2) is 6.63. The third kappa shape index (κ3) is 3.43. The number of hydrogen-bond acceptors (Lipinski definition) is 2. The largest absolute Gasteiger partial charge is 0.392 e.